The Morgan fingerprint density at radius 3 is 2.70 bits per heavy atom. The Morgan fingerprint density at radius 2 is 2.04 bits per heavy atom. The Labute approximate surface area is 185 Å². The van der Waals surface area contributed by atoms with Crippen LogP contribution in [-0.4, -0.2) is 70.5 Å². The van der Waals surface area contributed by atoms with Crippen molar-refractivity contribution in [3.8, 4) is 0 Å². The van der Waals surface area contributed by atoms with E-state index in [2.05, 4.69) is 28.5 Å². The zero-order chi connectivity index (χ0) is 18.6. The van der Waals surface area contributed by atoms with Crippen molar-refractivity contribution in [2.45, 2.75) is 19.4 Å². The van der Waals surface area contributed by atoms with E-state index in [1.165, 1.54) is 0 Å². The molecule has 1 aliphatic rings. The Hall–Kier alpha value is -0.610. The van der Waals surface area contributed by atoms with E-state index in [9.17, 15) is 0 Å². The molecule has 8 heteroatoms. The summed E-state index contributed by atoms with van der Waals surface area (Å²) in [5.74, 6) is 0.828. The fourth-order valence-corrected chi connectivity index (χ4v) is 3.25. The number of rotatable bonds is 9. The number of methoxy groups -OCH3 is 1. The quantitative estimate of drug-likeness (QED) is 0.232. The SMILES string of the molecule is CCNC(=NCC(c1ccccc1Cl)N1CCOCC1)NCCCOC.I. The van der Waals surface area contributed by atoms with Gasteiger partial charge in [-0.05, 0) is 25.0 Å². The number of halogens is 2. The minimum Gasteiger partial charge on any atom is -0.385 e. The van der Waals surface area contributed by atoms with Crippen molar-refractivity contribution in [3.63, 3.8) is 0 Å². The van der Waals surface area contributed by atoms with E-state index in [0.29, 0.717) is 6.54 Å². The number of nitrogens with zero attached hydrogens (tertiary/aromatic N) is 2. The molecule has 0 saturated carbocycles. The summed E-state index contributed by atoms with van der Waals surface area (Å²) in [7, 11) is 1.72. The molecule has 154 valence electrons. The van der Waals surface area contributed by atoms with E-state index in [0.717, 1.165) is 69.0 Å². The largest absolute Gasteiger partial charge is 0.385 e. The van der Waals surface area contributed by atoms with Gasteiger partial charge in [-0.3, -0.25) is 9.89 Å². The Bertz CT molecular complexity index is 556. The van der Waals surface area contributed by atoms with Crippen LogP contribution < -0.4 is 10.6 Å². The van der Waals surface area contributed by atoms with Crippen molar-refractivity contribution < 1.29 is 9.47 Å². The molecule has 2 N–H and O–H groups in total. The second-order valence-electron chi connectivity index (χ2n) is 6.18. The normalized spacial score (nSPS) is 16.5. The molecule has 1 aromatic carbocycles. The molecule has 0 aliphatic carbocycles. The smallest absolute Gasteiger partial charge is 0.191 e. The highest BCUT2D eigenvalue weighted by atomic mass is 127. The molecule has 0 radical (unpaired) electrons. The summed E-state index contributed by atoms with van der Waals surface area (Å²) in [4.78, 5) is 7.22. The van der Waals surface area contributed by atoms with Crippen molar-refractivity contribution in [2.75, 3.05) is 59.7 Å². The number of nitrogens with one attached hydrogen (secondary N) is 2. The average molecular weight is 511 g/mol. The van der Waals surface area contributed by atoms with Crippen molar-refractivity contribution in [2.24, 2.45) is 4.99 Å². The molecule has 1 aromatic rings. The summed E-state index contributed by atoms with van der Waals surface area (Å²) < 4.78 is 10.6. The standard InChI is InChI=1S/C19H31ClN4O2.HI/c1-3-21-19(22-9-6-12-25-2)23-15-18(24-10-13-26-14-11-24)16-7-4-5-8-17(16)20;/h4-5,7-8,18H,3,6,9-15H2,1-2H3,(H2,21,22,23);1H. The van der Waals surface area contributed by atoms with Crippen LogP contribution in [0.2, 0.25) is 5.02 Å². The summed E-state index contributed by atoms with van der Waals surface area (Å²) in [5, 5.41) is 7.46. The van der Waals surface area contributed by atoms with Gasteiger partial charge in [0.2, 0.25) is 0 Å². The van der Waals surface area contributed by atoms with E-state index in [1.54, 1.807) is 7.11 Å². The second kappa shape index (κ2) is 14.4. The second-order valence-corrected chi connectivity index (χ2v) is 6.59. The number of morpholine rings is 1. The summed E-state index contributed by atoms with van der Waals surface area (Å²) in [6.07, 6.45) is 0.943. The van der Waals surface area contributed by atoms with Crippen LogP contribution in [0.25, 0.3) is 0 Å². The molecule has 27 heavy (non-hydrogen) atoms. The molecule has 1 heterocycles. The van der Waals surface area contributed by atoms with Gasteiger partial charge in [-0.2, -0.15) is 0 Å². The number of guanidine groups is 1. The molecule has 1 fully saturated rings. The molecule has 0 aromatic heterocycles. The summed E-state index contributed by atoms with van der Waals surface area (Å²) in [6, 6.07) is 8.18. The van der Waals surface area contributed by atoms with Crippen molar-refractivity contribution in [1.82, 2.24) is 15.5 Å². The lowest BCUT2D eigenvalue weighted by Crippen LogP contribution is -2.42. The highest BCUT2D eigenvalue weighted by Crippen LogP contribution is 2.28. The maximum Gasteiger partial charge on any atom is 0.191 e. The van der Waals surface area contributed by atoms with Crippen LogP contribution in [0.5, 0.6) is 0 Å². The van der Waals surface area contributed by atoms with Crippen LogP contribution in [0.15, 0.2) is 29.3 Å². The van der Waals surface area contributed by atoms with E-state index >= 15 is 0 Å². The molecule has 1 aliphatic heterocycles. The predicted octanol–water partition coefficient (Wildman–Crippen LogP) is 2.92. The van der Waals surface area contributed by atoms with Gasteiger partial charge in [0.15, 0.2) is 5.96 Å². The van der Waals surface area contributed by atoms with Crippen molar-refractivity contribution in [1.29, 1.82) is 0 Å². The average Bonchev–Trinajstić information content (AvgIpc) is 2.67. The zero-order valence-electron chi connectivity index (χ0n) is 16.2. The molecular weight excluding hydrogens is 479 g/mol. The first-order valence-electron chi connectivity index (χ1n) is 9.33. The van der Waals surface area contributed by atoms with Crippen LogP contribution in [0.3, 0.4) is 0 Å². The van der Waals surface area contributed by atoms with Gasteiger partial charge < -0.3 is 20.1 Å². The van der Waals surface area contributed by atoms with E-state index in [1.807, 2.05) is 18.2 Å². The fourth-order valence-electron chi connectivity index (χ4n) is 2.99. The predicted molar refractivity (Wildman–Crippen MR) is 122 cm³/mol. The number of hydrogen-bond acceptors (Lipinski definition) is 4. The first-order valence-corrected chi connectivity index (χ1v) is 9.71. The van der Waals surface area contributed by atoms with Crippen molar-refractivity contribution in [3.05, 3.63) is 34.9 Å². The molecule has 1 atom stereocenters. The van der Waals surface area contributed by atoms with Gasteiger partial charge >= 0.3 is 0 Å². The lowest BCUT2D eigenvalue weighted by molar-refractivity contribution is 0.0180. The lowest BCUT2D eigenvalue weighted by atomic mass is 10.0. The maximum atomic E-state index is 6.48. The minimum absolute atomic E-state index is 0. The molecule has 1 saturated heterocycles. The van der Waals surface area contributed by atoms with Crippen LogP contribution in [-0.2, 0) is 9.47 Å². The molecule has 0 amide bonds. The summed E-state index contributed by atoms with van der Waals surface area (Å²) in [5.41, 5.74) is 1.12. The monoisotopic (exact) mass is 510 g/mol. The fraction of sp³-hybridized carbons (Fsp3) is 0.632. The number of aliphatic imine (C=N–C) groups is 1. The van der Waals surface area contributed by atoms with Crippen LogP contribution in [0, 0.1) is 0 Å². The summed E-state index contributed by atoms with van der Waals surface area (Å²) >= 11 is 6.48. The third-order valence-corrected chi connectivity index (χ3v) is 4.68. The van der Waals surface area contributed by atoms with Crippen LogP contribution in [0.4, 0.5) is 0 Å². The summed E-state index contributed by atoms with van der Waals surface area (Å²) in [6.45, 7) is 8.39. The number of hydrogen-bond donors (Lipinski definition) is 2. The third-order valence-electron chi connectivity index (χ3n) is 4.33. The van der Waals surface area contributed by atoms with Gasteiger partial charge in [0.05, 0.1) is 25.8 Å². The molecule has 1 unspecified atom stereocenters. The van der Waals surface area contributed by atoms with E-state index in [-0.39, 0.29) is 30.0 Å². The Morgan fingerprint density at radius 1 is 1.30 bits per heavy atom. The maximum absolute atomic E-state index is 6.48. The highest BCUT2D eigenvalue weighted by molar-refractivity contribution is 14.0. The minimum atomic E-state index is 0. The molecule has 0 spiro atoms. The highest BCUT2D eigenvalue weighted by Gasteiger charge is 2.24. The van der Waals surface area contributed by atoms with Gasteiger partial charge in [-0.15, -0.1) is 24.0 Å². The molecular formula is C19H32ClIN4O2. The van der Waals surface area contributed by atoms with Gasteiger partial charge in [0, 0.05) is 44.9 Å². The van der Waals surface area contributed by atoms with Gasteiger partial charge in [0.1, 0.15) is 0 Å². The zero-order valence-corrected chi connectivity index (χ0v) is 19.3. The Kier molecular flexibility index (Phi) is 13.0. The van der Waals surface area contributed by atoms with Crippen molar-refractivity contribution >= 4 is 41.5 Å². The van der Waals surface area contributed by atoms with E-state index in [4.69, 9.17) is 26.1 Å². The number of ether oxygens (including phenoxy) is 2. The number of benzene rings is 1. The van der Waals surface area contributed by atoms with Crippen LogP contribution >= 0.6 is 35.6 Å². The first-order chi connectivity index (χ1) is 12.8. The van der Waals surface area contributed by atoms with Crippen LogP contribution in [0.1, 0.15) is 24.9 Å². The third kappa shape index (κ3) is 8.51. The molecule has 6 nitrogen and oxygen atoms in total. The van der Waals surface area contributed by atoms with Gasteiger partial charge in [-0.1, -0.05) is 29.8 Å². The Balaban J connectivity index is 0.00000364. The topological polar surface area (TPSA) is 58.1 Å². The first kappa shape index (κ1) is 24.4. The molecule has 2 rings (SSSR count). The van der Waals surface area contributed by atoms with Gasteiger partial charge in [0.25, 0.3) is 0 Å². The van der Waals surface area contributed by atoms with E-state index < -0.39 is 0 Å². The lowest BCUT2D eigenvalue weighted by Gasteiger charge is -2.34. The van der Waals surface area contributed by atoms with Gasteiger partial charge in [-0.25, -0.2) is 0 Å². The molecule has 0 bridgehead atoms.